The maximum atomic E-state index is 12.2. The molecule has 3 atom stereocenters. The molecule has 0 spiro atoms. The molecule has 0 aromatic heterocycles. The molecule has 1 aliphatic carbocycles. The van der Waals surface area contributed by atoms with Crippen molar-refractivity contribution in [2.45, 2.75) is 18.1 Å². The number of benzene rings is 1. The van der Waals surface area contributed by atoms with E-state index >= 15 is 0 Å². The first-order valence-corrected chi connectivity index (χ1v) is 8.30. The van der Waals surface area contributed by atoms with E-state index in [4.69, 9.17) is 17.3 Å². The summed E-state index contributed by atoms with van der Waals surface area (Å²) in [5.74, 6) is -0.187. The van der Waals surface area contributed by atoms with Crippen LogP contribution in [0.4, 0.5) is 0 Å². The van der Waals surface area contributed by atoms with Crippen molar-refractivity contribution < 1.29 is 13.5 Å². The fourth-order valence-electron chi connectivity index (χ4n) is 2.87. The molecule has 106 valence electrons. The lowest BCUT2D eigenvalue weighted by atomic mass is 10.0. The van der Waals surface area contributed by atoms with E-state index in [0.29, 0.717) is 5.02 Å². The van der Waals surface area contributed by atoms with Gasteiger partial charge in [-0.15, -0.1) is 0 Å². The van der Waals surface area contributed by atoms with Crippen LogP contribution in [0.25, 0.3) is 0 Å². The standard InChI is InChI=1S/C13H18ClNO3S/c1-2-19(17,18)12-11(13(12,7-15)8-16)9-3-5-10(14)6-4-9/h3-6,11-12,16H,2,7-8,15H2,1H3. The molecule has 6 heteroatoms. The summed E-state index contributed by atoms with van der Waals surface area (Å²) in [6.07, 6.45) is 0. The second kappa shape index (κ2) is 5.05. The van der Waals surface area contributed by atoms with Gasteiger partial charge in [0.05, 0.1) is 11.9 Å². The number of nitrogens with two attached hydrogens (primary N) is 1. The van der Waals surface area contributed by atoms with Gasteiger partial charge in [-0.2, -0.15) is 0 Å². The molecule has 0 bridgehead atoms. The van der Waals surface area contributed by atoms with Crippen molar-refractivity contribution in [2.24, 2.45) is 11.1 Å². The third-order valence-electron chi connectivity index (χ3n) is 4.07. The number of hydrogen-bond acceptors (Lipinski definition) is 4. The first-order chi connectivity index (χ1) is 8.93. The zero-order chi connectivity index (χ0) is 14.3. The van der Waals surface area contributed by atoms with Crippen molar-refractivity contribution in [1.82, 2.24) is 0 Å². The largest absolute Gasteiger partial charge is 0.396 e. The Morgan fingerprint density at radius 2 is 1.95 bits per heavy atom. The van der Waals surface area contributed by atoms with Crippen molar-refractivity contribution in [2.75, 3.05) is 18.9 Å². The molecular weight excluding hydrogens is 286 g/mol. The van der Waals surface area contributed by atoms with Gasteiger partial charge in [0.15, 0.2) is 9.84 Å². The minimum absolute atomic E-state index is 0.0590. The maximum Gasteiger partial charge on any atom is 0.154 e. The van der Waals surface area contributed by atoms with Crippen molar-refractivity contribution in [3.63, 3.8) is 0 Å². The number of aliphatic hydroxyl groups is 1. The number of sulfone groups is 1. The Morgan fingerprint density at radius 3 is 2.37 bits per heavy atom. The van der Waals surface area contributed by atoms with Gasteiger partial charge in [-0.1, -0.05) is 30.7 Å². The molecule has 0 aliphatic heterocycles. The van der Waals surface area contributed by atoms with Crippen LogP contribution in [0.2, 0.25) is 5.02 Å². The predicted octanol–water partition coefficient (Wildman–Crippen LogP) is 1.18. The molecule has 3 unspecified atom stereocenters. The predicted molar refractivity (Wildman–Crippen MR) is 76.0 cm³/mol. The number of aliphatic hydroxyl groups excluding tert-OH is 1. The molecule has 1 aliphatic rings. The van der Waals surface area contributed by atoms with Gasteiger partial charge in [0.25, 0.3) is 0 Å². The lowest BCUT2D eigenvalue weighted by Crippen LogP contribution is -2.28. The highest BCUT2D eigenvalue weighted by Gasteiger charge is 2.69. The van der Waals surface area contributed by atoms with Crippen LogP contribution >= 0.6 is 11.6 Å². The third kappa shape index (κ3) is 2.29. The third-order valence-corrected chi connectivity index (χ3v) is 6.64. The molecule has 0 radical (unpaired) electrons. The summed E-state index contributed by atoms with van der Waals surface area (Å²) < 4.78 is 24.3. The van der Waals surface area contributed by atoms with Crippen LogP contribution in [0, 0.1) is 5.41 Å². The first kappa shape index (κ1) is 14.8. The van der Waals surface area contributed by atoms with Crippen LogP contribution in [0.15, 0.2) is 24.3 Å². The van der Waals surface area contributed by atoms with Gasteiger partial charge in [-0.25, -0.2) is 8.42 Å². The van der Waals surface area contributed by atoms with Gasteiger partial charge in [-0.05, 0) is 17.7 Å². The Hall–Kier alpha value is -0.620. The summed E-state index contributed by atoms with van der Waals surface area (Å²) in [7, 11) is -3.24. The zero-order valence-electron chi connectivity index (χ0n) is 10.7. The second-order valence-electron chi connectivity index (χ2n) is 5.00. The quantitative estimate of drug-likeness (QED) is 0.856. The normalized spacial score (nSPS) is 30.3. The Morgan fingerprint density at radius 1 is 1.37 bits per heavy atom. The summed E-state index contributed by atoms with van der Waals surface area (Å²) in [5.41, 5.74) is 5.85. The fraction of sp³-hybridized carbons (Fsp3) is 0.538. The van der Waals surface area contributed by atoms with E-state index < -0.39 is 20.5 Å². The Balaban J connectivity index is 2.42. The van der Waals surface area contributed by atoms with Gasteiger partial charge in [0.2, 0.25) is 0 Å². The average Bonchev–Trinajstić information content (AvgIpc) is 3.10. The molecule has 1 aromatic carbocycles. The lowest BCUT2D eigenvalue weighted by molar-refractivity contribution is 0.212. The van der Waals surface area contributed by atoms with Crippen LogP contribution < -0.4 is 5.73 Å². The molecule has 1 saturated carbocycles. The second-order valence-corrected chi connectivity index (χ2v) is 7.84. The molecule has 3 N–H and O–H groups in total. The topological polar surface area (TPSA) is 80.4 Å². The summed E-state index contributed by atoms with van der Waals surface area (Å²) in [6, 6.07) is 7.06. The summed E-state index contributed by atoms with van der Waals surface area (Å²) in [4.78, 5) is 0. The summed E-state index contributed by atoms with van der Waals surface area (Å²) in [5, 5.41) is 9.60. The zero-order valence-corrected chi connectivity index (χ0v) is 12.3. The highest BCUT2D eigenvalue weighted by Crippen LogP contribution is 2.62. The van der Waals surface area contributed by atoms with Gasteiger partial charge < -0.3 is 10.8 Å². The molecular formula is C13H18ClNO3S. The van der Waals surface area contributed by atoms with Gasteiger partial charge >= 0.3 is 0 Å². The van der Waals surface area contributed by atoms with Crippen molar-refractivity contribution in [1.29, 1.82) is 0 Å². The maximum absolute atomic E-state index is 12.2. The van der Waals surface area contributed by atoms with Crippen LogP contribution in [0.5, 0.6) is 0 Å². The number of halogens is 1. The Labute approximate surface area is 118 Å². The number of hydrogen-bond donors (Lipinski definition) is 2. The van der Waals surface area contributed by atoms with Crippen LogP contribution in [0.1, 0.15) is 18.4 Å². The van der Waals surface area contributed by atoms with Crippen molar-refractivity contribution >= 4 is 21.4 Å². The van der Waals surface area contributed by atoms with Crippen LogP contribution in [-0.2, 0) is 9.84 Å². The summed E-state index contributed by atoms with van der Waals surface area (Å²) >= 11 is 5.84. The molecule has 0 saturated heterocycles. The highest BCUT2D eigenvalue weighted by molar-refractivity contribution is 7.92. The monoisotopic (exact) mass is 303 g/mol. The Bertz CT molecular complexity index is 552. The van der Waals surface area contributed by atoms with E-state index in [1.165, 1.54) is 0 Å². The molecule has 1 aromatic rings. The molecule has 2 rings (SSSR count). The average molecular weight is 304 g/mol. The van der Waals surface area contributed by atoms with E-state index in [1.807, 2.05) is 0 Å². The molecule has 0 heterocycles. The minimum Gasteiger partial charge on any atom is -0.396 e. The Kier molecular flexibility index (Phi) is 3.93. The summed E-state index contributed by atoms with van der Waals surface area (Å²) in [6.45, 7) is 1.55. The van der Waals surface area contributed by atoms with E-state index in [2.05, 4.69) is 0 Å². The first-order valence-electron chi connectivity index (χ1n) is 6.21. The SMILES string of the molecule is CCS(=O)(=O)C1C(c2ccc(Cl)cc2)C1(CN)CO. The van der Waals surface area contributed by atoms with Gasteiger partial charge in [-0.3, -0.25) is 0 Å². The molecule has 4 nitrogen and oxygen atoms in total. The molecule has 0 amide bonds. The van der Waals surface area contributed by atoms with E-state index in [1.54, 1.807) is 31.2 Å². The highest BCUT2D eigenvalue weighted by atomic mass is 35.5. The van der Waals surface area contributed by atoms with Gasteiger partial charge in [0, 0.05) is 28.7 Å². The van der Waals surface area contributed by atoms with Crippen LogP contribution in [0.3, 0.4) is 0 Å². The smallest absolute Gasteiger partial charge is 0.154 e. The van der Waals surface area contributed by atoms with E-state index in [9.17, 15) is 13.5 Å². The van der Waals surface area contributed by atoms with E-state index in [-0.39, 0.29) is 24.8 Å². The van der Waals surface area contributed by atoms with Crippen molar-refractivity contribution in [3.05, 3.63) is 34.9 Å². The van der Waals surface area contributed by atoms with E-state index in [0.717, 1.165) is 5.56 Å². The van der Waals surface area contributed by atoms with Crippen LogP contribution in [-0.4, -0.2) is 37.7 Å². The molecule has 1 fully saturated rings. The lowest BCUT2D eigenvalue weighted by Gasteiger charge is -2.11. The van der Waals surface area contributed by atoms with Crippen molar-refractivity contribution in [3.8, 4) is 0 Å². The fourth-order valence-corrected chi connectivity index (χ4v) is 5.15. The minimum atomic E-state index is -3.24. The number of rotatable bonds is 5. The van der Waals surface area contributed by atoms with Gasteiger partial charge in [0.1, 0.15) is 0 Å². The molecule has 19 heavy (non-hydrogen) atoms.